The number of nitrogens with one attached hydrogen (secondary N) is 2. The first-order valence-electron chi connectivity index (χ1n) is 9.81. The highest BCUT2D eigenvalue weighted by Crippen LogP contribution is 2.23. The van der Waals surface area contributed by atoms with Gasteiger partial charge in [0.1, 0.15) is 5.75 Å². The molecule has 8 nitrogen and oxygen atoms in total. The van der Waals surface area contributed by atoms with Crippen LogP contribution < -0.4 is 15.6 Å². The fourth-order valence-electron chi connectivity index (χ4n) is 3.02. The number of H-pyrrole nitrogens is 1. The monoisotopic (exact) mass is 435 g/mol. The van der Waals surface area contributed by atoms with Gasteiger partial charge in [0, 0.05) is 24.7 Å². The first-order chi connectivity index (χ1) is 15.1. The predicted octanol–water partition coefficient (Wildman–Crippen LogP) is 3.19. The molecule has 0 radical (unpaired) electrons. The van der Waals surface area contributed by atoms with E-state index in [2.05, 4.69) is 20.5 Å². The van der Waals surface area contributed by atoms with Crippen molar-refractivity contribution in [2.75, 3.05) is 13.2 Å². The van der Waals surface area contributed by atoms with Crippen molar-refractivity contribution in [1.82, 2.24) is 25.1 Å². The Morgan fingerprint density at radius 2 is 2.06 bits per heavy atom. The second-order valence-corrected chi connectivity index (χ2v) is 7.61. The van der Waals surface area contributed by atoms with Crippen LogP contribution in [0.25, 0.3) is 21.8 Å². The van der Waals surface area contributed by atoms with Crippen molar-refractivity contribution >= 4 is 17.2 Å². The standard InChI is InChI=1S/C22H21N5O3S/c1-2-30-16-7-5-15(6-8-16)17-13-21(28)27(14-24-17)10-9-23-22(29)19-12-18(25-26-19)20-4-3-11-31-20/h3-8,11-14H,2,9-10H2,1H3,(H,23,29)(H,25,26). The van der Waals surface area contributed by atoms with E-state index in [0.717, 1.165) is 21.9 Å². The Balaban J connectivity index is 1.34. The molecular weight excluding hydrogens is 414 g/mol. The average molecular weight is 436 g/mol. The van der Waals surface area contributed by atoms with Crippen LogP contribution in [-0.2, 0) is 6.54 Å². The van der Waals surface area contributed by atoms with Crippen molar-refractivity contribution in [1.29, 1.82) is 0 Å². The van der Waals surface area contributed by atoms with Gasteiger partial charge in [0.15, 0.2) is 5.69 Å². The molecule has 158 valence electrons. The molecule has 9 heteroatoms. The largest absolute Gasteiger partial charge is 0.494 e. The van der Waals surface area contributed by atoms with E-state index < -0.39 is 0 Å². The Kier molecular flexibility index (Phi) is 6.23. The molecular formula is C22H21N5O3S. The molecule has 0 atom stereocenters. The van der Waals surface area contributed by atoms with Gasteiger partial charge in [-0.2, -0.15) is 5.10 Å². The minimum Gasteiger partial charge on any atom is -0.494 e. The van der Waals surface area contributed by atoms with Gasteiger partial charge < -0.3 is 10.1 Å². The van der Waals surface area contributed by atoms with Crippen LogP contribution in [0.5, 0.6) is 5.75 Å². The Hall–Kier alpha value is -3.72. The summed E-state index contributed by atoms with van der Waals surface area (Å²) >= 11 is 1.57. The minimum absolute atomic E-state index is 0.187. The van der Waals surface area contributed by atoms with Crippen LogP contribution in [-0.4, -0.2) is 38.8 Å². The van der Waals surface area contributed by atoms with Crippen LogP contribution in [0.3, 0.4) is 0 Å². The maximum atomic E-state index is 12.4. The predicted molar refractivity (Wildman–Crippen MR) is 119 cm³/mol. The molecule has 0 bridgehead atoms. The van der Waals surface area contributed by atoms with Crippen molar-refractivity contribution in [3.63, 3.8) is 0 Å². The maximum absolute atomic E-state index is 12.4. The molecule has 3 aromatic heterocycles. The zero-order valence-electron chi connectivity index (χ0n) is 16.9. The van der Waals surface area contributed by atoms with E-state index in [1.807, 2.05) is 48.7 Å². The van der Waals surface area contributed by atoms with Crippen LogP contribution in [0.1, 0.15) is 17.4 Å². The van der Waals surface area contributed by atoms with Crippen LogP contribution >= 0.6 is 11.3 Å². The van der Waals surface area contributed by atoms with Crippen molar-refractivity contribution in [3.8, 4) is 27.6 Å². The lowest BCUT2D eigenvalue weighted by Crippen LogP contribution is -2.31. The molecule has 0 spiro atoms. The summed E-state index contributed by atoms with van der Waals surface area (Å²) in [4.78, 5) is 30.1. The number of nitrogens with zero attached hydrogens (tertiary/aromatic N) is 3. The van der Waals surface area contributed by atoms with Crippen LogP contribution in [0.4, 0.5) is 0 Å². The number of hydrogen-bond acceptors (Lipinski definition) is 6. The number of carbonyl (C=O) groups is 1. The van der Waals surface area contributed by atoms with Crippen molar-refractivity contribution in [3.05, 3.63) is 76.3 Å². The molecule has 0 aliphatic carbocycles. The number of benzene rings is 1. The molecule has 1 amide bonds. The molecule has 0 fully saturated rings. The summed E-state index contributed by atoms with van der Waals surface area (Å²) in [6.07, 6.45) is 1.49. The molecule has 2 N–H and O–H groups in total. The second kappa shape index (κ2) is 9.40. The topological polar surface area (TPSA) is 102 Å². The zero-order chi connectivity index (χ0) is 21.6. The highest BCUT2D eigenvalue weighted by atomic mass is 32.1. The van der Waals surface area contributed by atoms with Crippen LogP contribution in [0.2, 0.25) is 0 Å². The Morgan fingerprint density at radius 1 is 1.23 bits per heavy atom. The normalized spacial score (nSPS) is 10.7. The fraction of sp³-hybridized carbons (Fsp3) is 0.182. The molecule has 0 unspecified atom stereocenters. The summed E-state index contributed by atoms with van der Waals surface area (Å²) in [5.74, 6) is 0.473. The molecule has 3 heterocycles. The second-order valence-electron chi connectivity index (χ2n) is 6.66. The molecule has 0 saturated heterocycles. The fourth-order valence-corrected chi connectivity index (χ4v) is 3.71. The third-order valence-corrected chi connectivity index (χ3v) is 5.48. The summed E-state index contributed by atoms with van der Waals surface area (Å²) < 4.78 is 6.89. The van der Waals surface area contributed by atoms with E-state index in [0.29, 0.717) is 24.5 Å². The van der Waals surface area contributed by atoms with Gasteiger partial charge in [-0.1, -0.05) is 6.07 Å². The van der Waals surface area contributed by atoms with Gasteiger partial charge in [0.05, 0.1) is 29.2 Å². The molecule has 0 aliphatic heterocycles. The molecule has 1 aromatic carbocycles. The average Bonchev–Trinajstić information content (AvgIpc) is 3.48. The number of aromatic amines is 1. The lowest BCUT2D eigenvalue weighted by Gasteiger charge is -2.08. The third-order valence-electron chi connectivity index (χ3n) is 4.58. The number of aromatic nitrogens is 4. The smallest absolute Gasteiger partial charge is 0.271 e. The van der Waals surface area contributed by atoms with E-state index in [-0.39, 0.29) is 18.0 Å². The number of hydrogen-bond donors (Lipinski definition) is 2. The van der Waals surface area contributed by atoms with Gasteiger partial charge in [-0.15, -0.1) is 11.3 Å². The highest BCUT2D eigenvalue weighted by Gasteiger charge is 2.12. The number of rotatable bonds is 8. The Labute approximate surface area is 182 Å². The first-order valence-corrected chi connectivity index (χ1v) is 10.7. The summed E-state index contributed by atoms with van der Waals surface area (Å²) in [6, 6.07) is 14.5. The van der Waals surface area contributed by atoms with Crippen LogP contribution in [0.15, 0.2) is 65.0 Å². The van der Waals surface area contributed by atoms with Crippen molar-refractivity contribution in [2.45, 2.75) is 13.5 Å². The van der Waals surface area contributed by atoms with Crippen LogP contribution in [0, 0.1) is 0 Å². The number of amides is 1. The molecule has 4 rings (SSSR count). The minimum atomic E-state index is -0.300. The van der Waals surface area contributed by atoms with Gasteiger partial charge in [-0.3, -0.25) is 19.3 Å². The number of carbonyl (C=O) groups excluding carboxylic acids is 1. The third kappa shape index (κ3) is 4.89. The summed E-state index contributed by atoms with van der Waals surface area (Å²) in [7, 11) is 0. The molecule has 31 heavy (non-hydrogen) atoms. The lowest BCUT2D eigenvalue weighted by atomic mass is 10.1. The highest BCUT2D eigenvalue weighted by molar-refractivity contribution is 7.13. The Morgan fingerprint density at radius 3 is 2.77 bits per heavy atom. The lowest BCUT2D eigenvalue weighted by molar-refractivity contribution is 0.0947. The number of thiophene rings is 1. The van der Waals surface area contributed by atoms with Crippen molar-refractivity contribution < 1.29 is 9.53 Å². The van der Waals surface area contributed by atoms with E-state index in [9.17, 15) is 9.59 Å². The van der Waals surface area contributed by atoms with E-state index in [1.54, 1.807) is 17.4 Å². The van der Waals surface area contributed by atoms with E-state index in [4.69, 9.17) is 4.74 Å². The SMILES string of the molecule is CCOc1ccc(-c2cc(=O)n(CCNC(=O)c3cc(-c4cccs4)[nH]n3)cn2)cc1. The summed E-state index contributed by atoms with van der Waals surface area (Å²) in [5.41, 5.74) is 2.34. The first kappa shape index (κ1) is 20.5. The van der Waals surface area contributed by atoms with Gasteiger partial charge in [0.2, 0.25) is 0 Å². The summed E-state index contributed by atoms with van der Waals surface area (Å²) in [5, 5.41) is 11.7. The quantitative estimate of drug-likeness (QED) is 0.443. The van der Waals surface area contributed by atoms with Gasteiger partial charge in [0.25, 0.3) is 11.5 Å². The molecule has 0 saturated carbocycles. The van der Waals surface area contributed by atoms with E-state index >= 15 is 0 Å². The Bertz CT molecular complexity index is 1210. The summed E-state index contributed by atoms with van der Waals surface area (Å²) in [6.45, 7) is 3.11. The number of ether oxygens (including phenoxy) is 1. The maximum Gasteiger partial charge on any atom is 0.271 e. The molecule has 4 aromatic rings. The van der Waals surface area contributed by atoms with Crippen molar-refractivity contribution in [2.24, 2.45) is 0 Å². The van der Waals surface area contributed by atoms with Gasteiger partial charge in [-0.05, 0) is 48.7 Å². The molecule has 0 aliphatic rings. The van der Waals surface area contributed by atoms with Gasteiger partial charge in [-0.25, -0.2) is 4.98 Å². The van der Waals surface area contributed by atoms with E-state index in [1.165, 1.54) is 17.0 Å². The zero-order valence-corrected chi connectivity index (χ0v) is 17.7. The van der Waals surface area contributed by atoms with Gasteiger partial charge >= 0.3 is 0 Å².